The summed E-state index contributed by atoms with van der Waals surface area (Å²) in [5.41, 5.74) is 4.19. The van der Waals surface area contributed by atoms with E-state index in [1.54, 1.807) is 47.3 Å². The highest BCUT2D eigenvalue weighted by molar-refractivity contribution is 7.90. The Hall–Kier alpha value is -3.89. The van der Waals surface area contributed by atoms with Gasteiger partial charge in [-0.3, -0.25) is 9.69 Å². The van der Waals surface area contributed by atoms with E-state index in [1.807, 2.05) is 17.0 Å². The van der Waals surface area contributed by atoms with Gasteiger partial charge in [-0.25, -0.2) is 21.9 Å². The van der Waals surface area contributed by atoms with Gasteiger partial charge < -0.3 is 4.90 Å². The highest BCUT2D eigenvalue weighted by Gasteiger charge is 2.34. The van der Waals surface area contributed by atoms with Crippen molar-refractivity contribution in [3.05, 3.63) is 113 Å². The Morgan fingerprint density at radius 3 is 2.07 bits per heavy atom. The van der Waals surface area contributed by atoms with Crippen molar-refractivity contribution in [3.8, 4) is 5.69 Å². The zero-order chi connectivity index (χ0) is 30.1. The van der Waals surface area contributed by atoms with Crippen molar-refractivity contribution in [3.63, 3.8) is 0 Å². The number of nitrogens with zero attached hydrogens (tertiary/aromatic N) is 4. The molecule has 3 heterocycles. The molecule has 43 heavy (non-hydrogen) atoms. The number of benzene rings is 3. The topological polar surface area (TPSA) is 75.5 Å². The molecule has 2 saturated heterocycles. The maximum atomic E-state index is 13.9. The smallest absolute Gasteiger partial charge is 0.257 e. The molecule has 6 rings (SSSR count). The van der Waals surface area contributed by atoms with Crippen molar-refractivity contribution < 1.29 is 22.0 Å². The first-order chi connectivity index (χ1) is 20.7. The average molecular weight is 605 g/mol. The van der Waals surface area contributed by atoms with Crippen molar-refractivity contribution >= 4 is 15.7 Å². The molecule has 10 heteroatoms. The molecule has 1 atom stereocenters. The molecule has 0 aliphatic carbocycles. The average Bonchev–Trinajstić information content (AvgIpc) is 3.67. The predicted molar refractivity (Wildman–Crippen MR) is 160 cm³/mol. The van der Waals surface area contributed by atoms with Crippen LogP contribution in [0.1, 0.15) is 58.3 Å². The molecule has 1 amide bonds. The number of halogens is 2. The first-order valence-corrected chi connectivity index (χ1v) is 16.4. The zero-order valence-corrected chi connectivity index (χ0v) is 24.8. The molecule has 2 aliphatic heterocycles. The Morgan fingerprint density at radius 2 is 1.44 bits per heavy atom. The van der Waals surface area contributed by atoms with Gasteiger partial charge in [0.15, 0.2) is 9.84 Å². The molecule has 0 radical (unpaired) electrons. The number of hydrogen-bond donors (Lipinski definition) is 0. The Bertz CT molecular complexity index is 1700. The van der Waals surface area contributed by atoms with E-state index in [0.29, 0.717) is 35.8 Å². The van der Waals surface area contributed by atoms with Crippen LogP contribution in [0.4, 0.5) is 8.78 Å². The summed E-state index contributed by atoms with van der Waals surface area (Å²) in [6.07, 6.45) is 5.28. The van der Waals surface area contributed by atoms with Gasteiger partial charge in [0.2, 0.25) is 0 Å². The van der Waals surface area contributed by atoms with Crippen LogP contribution in [-0.2, 0) is 16.4 Å². The van der Waals surface area contributed by atoms with Crippen LogP contribution >= 0.6 is 0 Å². The van der Waals surface area contributed by atoms with Crippen LogP contribution in [0.15, 0.2) is 83.9 Å². The van der Waals surface area contributed by atoms with Crippen LogP contribution < -0.4 is 0 Å². The van der Waals surface area contributed by atoms with Gasteiger partial charge in [-0.15, -0.1) is 0 Å². The van der Waals surface area contributed by atoms with Gasteiger partial charge in [0, 0.05) is 37.7 Å². The second kappa shape index (κ2) is 12.0. The number of aromatic nitrogens is 2. The van der Waals surface area contributed by atoms with Crippen molar-refractivity contribution in [2.45, 2.75) is 42.5 Å². The highest BCUT2D eigenvalue weighted by atomic mass is 32.2. The van der Waals surface area contributed by atoms with Gasteiger partial charge in [0.25, 0.3) is 5.91 Å². The highest BCUT2D eigenvalue weighted by Crippen LogP contribution is 2.35. The molecular formula is C33H34F2N4O3S. The molecule has 0 N–H and O–H groups in total. The van der Waals surface area contributed by atoms with E-state index < -0.39 is 9.84 Å². The van der Waals surface area contributed by atoms with Gasteiger partial charge in [-0.05, 0) is 92.0 Å². The van der Waals surface area contributed by atoms with Crippen molar-refractivity contribution in [1.29, 1.82) is 0 Å². The van der Waals surface area contributed by atoms with Crippen molar-refractivity contribution in [1.82, 2.24) is 19.6 Å². The Morgan fingerprint density at radius 1 is 0.837 bits per heavy atom. The van der Waals surface area contributed by atoms with E-state index in [1.165, 1.54) is 30.5 Å². The van der Waals surface area contributed by atoms with Gasteiger partial charge in [0.05, 0.1) is 28.0 Å². The lowest BCUT2D eigenvalue weighted by atomic mass is 9.90. The van der Waals surface area contributed by atoms with E-state index >= 15 is 0 Å². The van der Waals surface area contributed by atoms with E-state index in [4.69, 9.17) is 0 Å². The molecule has 0 unspecified atom stereocenters. The maximum absolute atomic E-state index is 13.9. The fourth-order valence-electron chi connectivity index (χ4n) is 6.29. The van der Waals surface area contributed by atoms with Crippen LogP contribution in [0, 0.1) is 11.6 Å². The second-order valence-corrected chi connectivity index (χ2v) is 13.6. The summed E-state index contributed by atoms with van der Waals surface area (Å²) in [6, 6.07) is 19.7. The third-order valence-electron chi connectivity index (χ3n) is 8.66. The minimum atomic E-state index is -3.24. The normalized spacial score (nSPS) is 18.3. The number of likely N-dealkylation sites (tertiary alicyclic amines) is 2. The monoisotopic (exact) mass is 604 g/mol. The summed E-state index contributed by atoms with van der Waals surface area (Å²) >= 11 is 0. The fraction of sp³-hybridized carbons (Fsp3) is 0.333. The third kappa shape index (κ3) is 6.40. The van der Waals surface area contributed by atoms with E-state index in [-0.39, 0.29) is 29.4 Å². The summed E-state index contributed by atoms with van der Waals surface area (Å²) in [7, 11) is -3.24. The minimum Gasteiger partial charge on any atom is -0.338 e. The molecule has 4 aromatic rings. The molecular weight excluding hydrogens is 570 g/mol. The molecule has 224 valence electrons. The van der Waals surface area contributed by atoms with E-state index in [0.717, 1.165) is 49.2 Å². The lowest BCUT2D eigenvalue weighted by Gasteiger charge is -2.33. The number of carbonyl (C=O) groups excluding carboxylic acids is 1. The zero-order valence-electron chi connectivity index (χ0n) is 24.0. The molecule has 0 saturated carbocycles. The van der Waals surface area contributed by atoms with Gasteiger partial charge in [-0.2, -0.15) is 5.10 Å². The van der Waals surface area contributed by atoms with Crippen LogP contribution in [0.2, 0.25) is 0 Å². The summed E-state index contributed by atoms with van der Waals surface area (Å²) in [5, 5.41) is 4.63. The Kier molecular flexibility index (Phi) is 8.15. The first-order valence-electron chi connectivity index (χ1n) is 14.6. The standard InChI is InChI=1S/C33H34F2N4O3S/c1-43(41,42)30-12-2-23(3-13-30)21-37-17-14-25(15-18-37)32-31(20-36-39(32)29-10-8-28(35)9-11-29)33(40)38-19-16-26(22-38)24-4-6-27(34)7-5-24/h2-13,20,25-26H,14-19,21-22H2,1H3/t26-/m0/s1. The van der Waals surface area contributed by atoms with Crippen LogP contribution in [-0.4, -0.2) is 66.3 Å². The largest absolute Gasteiger partial charge is 0.338 e. The first kappa shape index (κ1) is 29.2. The molecule has 1 aromatic heterocycles. The molecule has 0 bridgehead atoms. The maximum Gasteiger partial charge on any atom is 0.257 e. The SMILES string of the molecule is CS(=O)(=O)c1ccc(CN2CCC(c3c(C(=O)N4CC[C@H](c5ccc(F)cc5)C4)cnn3-c3ccc(F)cc3)CC2)cc1. The molecule has 3 aromatic carbocycles. The number of hydrogen-bond acceptors (Lipinski definition) is 5. The number of amides is 1. The Labute approximate surface area is 250 Å². The van der Waals surface area contributed by atoms with E-state index in [2.05, 4.69) is 10.00 Å². The summed E-state index contributed by atoms with van der Waals surface area (Å²) in [4.78, 5) is 18.4. The van der Waals surface area contributed by atoms with Gasteiger partial charge >= 0.3 is 0 Å². The molecule has 2 aliphatic rings. The molecule has 7 nitrogen and oxygen atoms in total. The number of rotatable bonds is 7. The van der Waals surface area contributed by atoms with Crippen LogP contribution in [0.5, 0.6) is 0 Å². The second-order valence-electron chi connectivity index (χ2n) is 11.6. The lowest BCUT2D eigenvalue weighted by Crippen LogP contribution is -2.34. The number of piperidine rings is 1. The molecule has 0 spiro atoms. The minimum absolute atomic E-state index is 0.0682. The van der Waals surface area contributed by atoms with Crippen molar-refractivity contribution in [2.24, 2.45) is 0 Å². The quantitative estimate of drug-likeness (QED) is 0.276. The van der Waals surface area contributed by atoms with Gasteiger partial charge in [-0.1, -0.05) is 24.3 Å². The fourth-order valence-corrected chi connectivity index (χ4v) is 6.92. The summed E-state index contributed by atoms with van der Waals surface area (Å²) < 4.78 is 52.6. The lowest BCUT2D eigenvalue weighted by molar-refractivity contribution is 0.0788. The van der Waals surface area contributed by atoms with Crippen LogP contribution in [0.3, 0.4) is 0 Å². The summed E-state index contributed by atoms with van der Waals surface area (Å²) in [6.45, 7) is 3.48. The predicted octanol–water partition coefficient (Wildman–Crippen LogP) is 5.56. The number of carbonyl (C=O) groups is 1. The number of sulfone groups is 1. The van der Waals surface area contributed by atoms with E-state index in [9.17, 15) is 22.0 Å². The summed E-state index contributed by atoms with van der Waals surface area (Å²) in [5.74, 6) is -0.457. The van der Waals surface area contributed by atoms with Gasteiger partial charge in [0.1, 0.15) is 11.6 Å². The van der Waals surface area contributed by atoms with Crippen LogP contribution in [0.25, 0.3) is 5.69 Å². The van der Waals surface area contributed by atoms with Crippen molar-refractivity contribution in [2.75, 3.05) is 32.4 Å². The molecule has 2 fully saturated rings. The third-order valence-corrected chi connectivity index (χ3v) is 9.79. The Balaban J connectivity index is 1.20.